The zero-order chi connectivity index (χ0) is 23.6. The molecule has 0 radical (unpaired) electrons. The van der Waals surface area contributed by atoms with Gasteiger partial charge in [0.1, 0.15) is 0 Å². The van der Waals surface area contributed by atoms with Crippen molar-refractivity contribution in [2.45, 2.75) is 75.8 Å². The van der Waals surface area contributed by atoms with Gasteiger partial charge in [0.15, 0.2) is 0 Å². The average molecular weight is 494 g/mol. The molecular weight excluding hydrogens is 464 g/mol. The summed E-state index contributed by atoms with van der Waals surface area (Å²) in [5, 5.41) is -0.727. The predicted molar refractivity (Wildman–Crippen MR) is 107 cm³/mol. The molecule has 2 aliphatic rings. The first-order chi connectivity index (χ1) is 13.5. The molecule has 0 heterocycles. The van der Waals surface area contributed by atoms with Gasteiger partial charge in [0.2, 0.25) is 0 Å². The second kappa shape index (κ2) is 13.0. The molecule has 0 aliphatic heterocycles. The highest BCUT2D eigenvalue weighted by molar-refractivity contribution is 7.53. The van der Waals surface area contributed by atoms with Crippen LogP contribution in [0.25, 0.3) is 0 Å². The van der Waals surface area contributed by atoms with Gasteiger partial charge in [0, 0.05) is 0 Å². The van der Waals surface area contributed by atoms with Crippen LogP contribution in [0, 0.1) is 11.8 Å². The summed E-state index contributed by atoms with van der Waals surface area (Å²) in [4.78, 5) is 20.5. The van der Waals surface area contributed by atoms with Crippen LogP contribution < -0.4 is 0 Å². The van der Waals surface area contributed by atoms with Crippen molar-refractivity contribution in [3.63, 3.8) is 0 Å². The van der Waals surface area contributed by atoms with Crippen LogP contribution in [-0.2, 0) is 4.57 Å². The Hall–Kier alpha value is 0.150. The second-order valence-corrected chi connectivity index (χ2v) is 10.2. The van der Waals surface area contributed by atoms with Crippen molar-refractivity contribution < 1.29 is 48.9 Å². The first-order valence-corrected chi connectivity index (χ1v) is 12.5. The van der Waals surface area contributed by atoms with Crippen molar-refractivity contribution in [2.75, 3.05) is 6.16 Å². The molecule has 0 saturated heterocycles. The summed E-state index contributed by atoms with van der Waals surface area (Å²) in [5.41, 5.74) is 0. The van der Waals surface area contributed by atoms with E-state index in [1.165, 1.54) is 12.8 Å². The smallest absolute Gasteiger partial charge is 0.418 e. The molecule has 1 unspecified atom stereocenters. The summed E-state index contributed by atoms with van der Waals surface area (Å²) in [5.74, 6) is 0.474. The lowest BCUT2D eigenvalue weighted by molar-refractivity contribution is 0.133. The standard InChI is InChI=1S/C15H30O3P2.2BF4/c16-20(17,18)15(11-12-19,13-7-3-1-4-8-13)14-9-5-2-6-10-14;2*2-1(3,4)5/h13-14H,1-12,19H2,(H2,16,17,18);;/q;2*-1. The van der Waals surface area contributed by atoms with Gasteiger partial charge in [-0.3, -0.25) is 4.57 Å². The van der Waals surface area contributed by atoms with E-state index >= 15 is 0 Å². The van der Waals surface area contributed by atoms with E-state index < -0.39 is 27.3 Å². The van der Waals surface area contributed by atoms with Crippen LogP contribution in [0.15, 0.2) is 0 Å². The molecule has 2 fully saturated rings. The van der Waals surface area contributed by atoms with Gasteiger partial charge in [0.25, 0.3) is 0 Å². The summed E-state index contributed by atoms with van der Waals surface area (Å²) < 4.78 is 90.5. The van der Waals surface area contributed by atoms with Crippen molar-refractivity contribution in [1.29, 1.82) is 0 Å². The molecule has 2 aliphatic carbocycles. The molecule has 2 saturated carbocycles. The van der Waals surface area contributed by atoms with Gasteiger partial charge < -0.3 is 44.3 Å². The maximum atomic E-state index is 12.5. The molecule has 0 spiro atoms. The first kappa shape index (κ1) is 30.1. The van der Waals surface area contributed by atoms with E-state index in [0.29, 0.717) is 6.42 Å². The Kier molecular flexibility index (Phi) is 13.1. The second-order valence-electron chi connectivity index (χ2n) is 7.73. The van der Waals surface area contributed by atoms with E-state index in [0.717, 1.165) is 57.5 Å². The zero-order valence-electron chi connectivity index (χ0n) is 16.6. The van der Waals surface area contributed by atoms with Crippen LogP contribution >= 0.6 is 16.8 Å². The van der Waals surface area contributed by atoms with Crippen molar-refractivity contribution >= 4 is 31.3 Å². The Bertz CT molecular complexity index is 477. The highest BCUT2D eigenvalue weighted by Crippen LogP contribution is 2.65. The maximum Gasteiger partial charge on any atom is 0.673 e. The number of rotatable bonds is 5. The molecule has 0 bridgehead atoms. The Morgan fingerprint density at radius 2 is 1.00 bits per heavy atom. The summed E-state index contributed by atoms with van der Waals surface area (Å²) in [6, 6.07) is 0. The zero-order valence-corrected chi connectivity index (χ0v) is 18.7. The fourth-order valence-corrected chi connectivity index (χ4v) is 7.41. The molecular formula is C15H30B2F8O3P2-2. The van der Waals surface area contributed by atoms with E-state index in [1.54, 1.807) is 0 Å². The van der Waals surface area contributed by atoms with Crippen LogP contribution in [-0.4, -0.2) is 35.6 Å². The van der Waals surface area contributed by atoms with Gasteiger partial charge in [0.05, 0.1) is 5.16 Å². The topological polar surface area (TPSA) is 57.5 Å². The normalized spacial score (nSPS) is 20.0. The van der Waals surface area contributed by atoms with E-state index in [4.69, 9.17) is 0 Å². The van der Waals surface area contributed by atoms with Gasteiger partial charge in [-0.25, -0.2) is 0 Å². The predicted octanol–water partition coefficient (Wildman–Crippen LogP) is 6.93. The van der Waals surface area contributed by atoms with E-state index in [9.17, 15) is 48.9 Å². The molecule has 1 atom stereocenters. The van der Waals surface area contributed by atoms with Gasteiger partial charge >= 0.3 is 22.1 Å². The van der Waals surface area contributed by atoms with Crippen molar-refractivity contribution in [1.82, 2.24) is 0 Å². The Labute approximate surface area is 174 Å². The molecule has 3 nitrogen and oxygen atoms in total. The Morgan fingerprint density at radius 1 is 0.733 bits per heavy atom. The third kappa shape index (κ3) is 12.3. The van der Waals surface area contributed by atoms with Gasteiger partial charge in [-0.1, -0.05) is 38.5 Å². The van der Waals surface area contributed by atoms with Crippen LogP contribution in [0.2, 0.25) is 0 Å². The van der Waals surface area contributed by atoms with Gasteiger partial charge in [-0.15, -0.1) is 9.24 Å². The largest absolute Gasteiger partial charge is 0.673 e. The maximum absolute atomic E-state index is 12.5. The Balaban J connectivity index is 0.000000702. The minimum atomic E-state index is -6.00. The molecule has 0 amide bonds. The lowest BCUT2D eigenvalue weighted by atomic mass is 9.68. The van der Waals surface area contributed by atoms with Gasteiger partial charge in [-0.2, -0.15) is 0 Å². The lowest BCUT2D eigenvalue weighted by Gasteiger charge is -2.49. The quantitative estimate of drug-likeness (QED) is 0.248. The lowest BCUT2D eigenvalue weighted by Crippen LogP contribution is -2.47. The van der Waals surface area contributed by atoms with E-state index in [2.05, 4.69) is 9.24 Å². The highest BCUT2D eigenvalue weighted by atomic mass is 31.2. The Morgan fingerprint density at radius 3 is 1.20 bits per heavy atom. The summed E-state index contributed by atoms with van der Waals surface area (Å²) in [6.45, 7) is 0. The van der Waals surface area contributed by atoms with E-state index in [-0.39, 0.29) is 11.8 Å². The molecule has 30 heavy (non-hydrogen) atoms. The summed E-state index contributed by atoms with van der Waals surface area (Å²) >= 11 is 0. The van der Waals surface area contributed by atoms with Crippen LogP contribution in [0.4, 0.5) is 34.5 Å². The molecule has 2 rings (SSSR count). The van der Waals surface area contributed by atoms with E-state index in [1.807, 2.05) is 0 Å². The molecule has 2 N–H and O–H groups in total. The summed E-state index contributed by atoms with van der Waals surface area (Å²) in [7, 11) is -13.4. The number of hydrogen-bond acceptors (Lipinski definition) is 1. The summed E-state index contributed by atoms with van der Waals surface area (Å²) in [6.07, 6.45) is 12.6. The molecule has 0 aromatic rings. The van der Waals surface area contributed by atoms with Crippen molar-refractivity contribution in [2.24, 2.45) is 11.8 Å². The van der Waals surface area contributed by atoms with Gasteiger partial charge in [-0.05, 0) is 50.1 Å². The van der Waals surface area contributed by atoms with Crippen molar-refractivity contribution in [3.05, 3.63) is 0 Å². The fraction of sp³-hybridized carbons (Fsp3) is 1.00. The molecule has 0 aromatic carbocycles. The third-order valence-electron chi connectivity index (χ3n) is 5.71. The number of halogens is 8. The highest BCUT2D eigenvalue weighted by Gasteiger charge is 2.56. The minimum Gasteiger partial charge on any atom is -0.418 e. The third-order valence-corrected chi connectivity index (χ3v) is 8.04. The van der Waals surface area contributed by atoms with Crippen molar-refractivity contribution in [3.8, 4) is 0 Å². The fourth-order valence-electron chi connectivity index (χ4n) is 4.80. The van der Waals surface area contributed by atoms with Crippen LogP contribution in [0.5, 0.6) is 0 Å². The monoisotopic (exact) mass is 494 g/mol. The minimum absolute atomic E-state index is 0.237. The average Bonchev–Trinajstić information content (AvgIpc) is 2.57. The first-order valence-electron chi connectivity index (χ1n) is 10.0. The SMILES string of the molecule is F[B-](F)(F)F.F[B-](F)(F)F.O=P(O)(O)C(CCP)(C1CCCCC1)C1CCCCC1. The number of hydrogen-bond donors (Lipinski definition) is 2. The molecule has 182 valence electrons. The van der Waals surface area contributed by atoms with Crippen LogP contribution in [0.3, 0.4) is 0 Å². The molecule has 15 heteroatoms. The van der Waals surface area contributed by atoms with Crippen LogP contribution in [0.1, 0.15) is 70.6 Å². The molecule has 0 aromatic heterocycles.